The van der Waals surface area contributed by atoms with E-state index in [0.29, 0.717) is 24.2 Å². The molecule has 5 heteroatoms. The third-order valence-electron chi connectivity index (χ3n) is 4.34. The molecule has 23 heavy (non-hydrogen) atoms. The summed E-state index contributed by atoms with van der Waals surface area (Å²) in [5.41, 5.74) is 3.86. The summed E-state index contributed by atoms with van der Waals surface area (Å²) in [6.45, 7) is 3.96. The maximum absolute atomic E-state index is 12.6. The summed E-state index contributed by atoms with van der Waals surface area (Å²) >= 11 is 0. The van der Waals surface area contributed by atoms with Crippen LogP contribution in [0, 0.1) is 0 Å². The van der Waals surface area contributed by atoms with Crippen LogP contribution < -0.4 is 10.3 Å². The number of ether oxygens (including phenoxy) is 1. The Bertz CT molecular complexity index is 704. The molecule has 0 radical (unpaired) electrons. The zero-order chi connectivity index (χ0) is 16.4. The molecule has 0 bridgehead atoms. The number of carbonyl (C=O) groups excluding carboxylic acids is 2. The van der Waals surface area contributed by atoms with Gasteiger partial charge in [-0.25, -0.2) is 9.78 Å². The Balaban J connectivity index is 2.15. The molecule has 1 aromatic heterocycles. The van der Waals surface area contributed by atoms with Gasteiger partial charge in [-0.3, -0.25) is 4.79 Å². The van der Waals surface area contributed by atoms with Gasteiger partial charge in [-0.1, -0.05) is 0 Å². The third kappa shape index (κ3) is 2.79. The summed E-state index contributed by atoms with van der Waals surface area (Å²) in [6, 6.07) is 3.81. The summed E-state index contributed by atoms with van der Waals surface area (Å²) < 4.78 is 5.24. The Morgan fingerprint density at radius 1 is 1.43 bits per heavy atom. The highest BCUT2D eigenvalue weighted by molar-refractivity contribution is 6.03. The first kappa shape index (κ1) is 15.5. The monoisotopic (exact) mass is 313 g/mol. The minimum Gasteiger partial charge on any atom is -0.463 e. The quantitative estimate of drug-likeness (QED) is 0.867. The fourth-order valence-corrected chi connectivity index (χ4v) is 3.38. The van der Waals surface area contributed by atoms with E-state index < -0.39 is 0 Å². The molecule has 3 rings (SSSR count). The standard InChI is InChI=1S/C18H20N2O3/c1-3-23-18(22)15-11(2)20-13-7-4-8-14(21)17(13)16(15)12-6-5-9-19-10-12/h5-6,9-10,16,20H,3-4,7-8H2,1-2H3/p+1. The van der Waals surface area contributed by atoms with Gasteiger partial charge in [0.25, 0.3) is 0 Å². The van der Waals surface area contributed by atoms with Crippen LogP contribution in [0.4, 0.5) is 0 Å². The van der Waals surface area contributed by atoms with E-state index in [0.717, 1.165) is 29.8 Å². The molecule has 1 aliphatic heterocycles. The lowest BCUT2D eigenvalue weighted by Crippen LogP contribution is -2.34. The molecule has 1 aliphatic carbocycles. The van der Waals surface area contributed by atoms with E-state index in [2.05, 4.69) is 10.3 Å². The number of hydrogen-bond donors (Lipinski definition) is 1. The molecule has 1 aromatic rings. The fraction of sp³-hybridized carbons (Fsp3) is 0.389. The van der Waals surface area contributed by atoms with Gasteiger partial charge in [-0.05, 0) is 32.8 Å². The van der Waals surface area contributed by atoms with Crippen molar-refractivity contribution < 1.29 is 19.3 Å². The lowest BCUT2D eigenvalue weighted by Gasteiger charge is -2.33. The van der Waals surface area contributed by atoms with Crippen molar-refractivity contribution in [3.8, 4) is 0 Å². The summed E-state index contributed by atoms with van der Waals surface area (Å²) in [6.07, 6.45) is 5.86. The molecule has 0 saturated carbocycles. The number of allylic oxidation sites excluding steroid dienone is 3. The third-order valence-corrected chi connectivity index (χ3v) is 4.34. The zero-order valence-corrected chi connectivity index (χ0v) is 13.4. The van der Waals surface area contributed by atoms with Crippen LogP contribution >= 0.6 is 0 Å². The van der Waals surface area contributed by atoms with E-state index in [1.165, 1.54) is 0 Å². The predicted octanol–water partition coefficient (Wildman–Crippen LogP) is 2.03. The molecule has 2 heterocycles. The number of Topliss-reactive ketones (excluding diaryl/α,β-unsaturated/α-hetero) is 1. The second-order valence-corrected chi connectivity index (χ2v) is 5.82. The summed E-state index contributed by atoms with van der Waals surface area (Å²) in [5.74, 6) is -0.617. The number of ketones is 1. The molecule has 120 valence electrons. The van der Waals surface area contributed by atoms with E-state index in [-0.39, 0.29) is 17.7 Å². The topological polar surface area (TPSA) is 69.5 Å². The molecular weight excluding hydrogens is 292 g/mol. The minimum absolute atomic E-state index is 0.113. The van der Waals surface area contributed by atoms with E-state index in [4.69, 9.17) is 4.74 Å². The van der Waals surface area contributed by atoms with Crippen LogP contribution in [0.1, 0.15) is 44.6 Å². The van der Waals surface area contributed by atoms with E-state index in [9.17, 15) is 9.59 Å². The number of hydrogen-bond acceptors (Lipinski definition) is 4. The van der Waals surface area contributed by atoms with Crippen molar-refractivity contribution in [2.24, 2.45) is 0 Å². The van der Waals surface area contributed by atoms with Crippen molar-refractivity contribution in [1.82, 2.24) is 5.32 Å². The number of carbonyl (C=O) groups is 2. The Morgan fingerprint density at radius 2 is 2.26 bits per heavy atom. The number of rotatable bonds is 3. The van der Waals surface area contributed by atoms with Crippen molar-refractivity contribution in [1.29, 1.82) is 0 Å². The molecule has 0 fully saturated rings. The summed E-state index contributed by atoms with van der Waals surface area (Å²) in [7, 11) is 0. The molecule has 0 spiro atoms. The predicted molar refractivity (Wildman–Crippen MR) is 84.1 cm³/mol. The highest BCUT2D eigenvalue weighted by atomic mass is 16.5. The number of aromatic nitrogens is 1. The Labute approximate surface area is 135 Å². The van der Waals surface area contributed by atoms with Gasteiger partial charge in [0.1, 0.15) is 0 Å². The van der Waals surface area contributed by atoms with Crippen LogP contribution in [0.25, 0.3) is 0 Å². The number of H-pyrrole nitrogens is 1. The van der Waals surface area contributed by atoms with Gasteiger partial charge in [0.2, 0.25) is 0 Å². The van der Waals surface area contributed by atoms with Crippen LogP contribution in [-0.4, -0.2) is 18.4 Å². The number of esters is 1. The molecule has 0 amide bonds. The number of dihydropyridines is 1. The van der Waals surface area contributed by atoms with Crippen LogP contribution in [0.2, 0.25) is 0 Å². The molecular formula is C18H21N2O3+. The Kier molecular flexibility index (Phi) is 4.28. The number of nitrogens with one attached hydrogen (secondary N) is 2. The molecule has 1 atom stereocenters. The zero-order valence-electron chi connectivity index (χ0n) is 13.4. The second-order valence-electron chi connectivity index (χ2n) is 5.82. The van der Waals surface area contributed by atoms with Gasteiger partial charge >= 0.3 is 5.97 Å². The van der Waals surface area contributed by atoms with Gasteiger partial charge in [0, 0.05) is 35.0 Å². The molecule has 1 unspecified atom stereocenters. The van der Waals surface area contributed by atoms with Crippen LogP contribution in [0.3, 0.4) is 0 Å². The van der Waals surface area contributed by atoms with E-state index in [1.54, 1.807) is 6.92 Å². The minimum atomic E-state index is -0.365. The number of pyridine rings is 1. The first-order valence-electron chi connectivity index (χ1n) is 8.00. The second kappa shape index (κ2) is 6.36. The molecule has 0 saturated heterocycles. The lowest BCUT2D eigenvalue weighted by atomic mass is 9.75. The average Bonchev–Trinajstić information content (AvgIpc) is 2.54. The Morgan fingerprint density at radius 3 is 2.96 bits per heavy atom. The van der Waals surface area contributed by atoms with Crippen LogP contribution in [0.15, 0.2) is 47.1 Å². The SMILES string of the molecule is CCOC(=O)C1=C(C)NC2=C(C(=O)CCC2)C1c1ccc[nH+]c1. The van der Waals surface area contributed by atoms with Crippen molar-refractivity contribution in [2.75, 3.05) is 6.61 Å². The molecule has 5 nitrogen and oxygen atoms in total. The molecule has 2 aliphatic rings. The summed E-state index contributed by atoms with van der Waals surface area (Å²) in [4.78, 5) is 28.1. The molecule has 2 N–H and O–H groups in total. The van der Waals surface area contributed by atoms with Crippen molar-refractivity contribution >= 4 is 11.8 Å². The van der Waals surface area contributed by atoms with Crippen LogP contribution in [-0.2, 0) is 14.3 Å². The van der Waals surface area contributed by atoms with Gasteiger partial charge < -0.3 is 10.1 Å². The first-order valence-corrected chi connectivity index (χ1v) is 8.00. The van der Waals surface area contributed by atoms with Crippen molar-refractivity contribution in [3.05, 3.63) is 52.6 Å². The highest BCUT2D eigenvalue weighted by Crippen LogP contribution is 2.41. The van der Waals surface area contributed by atoms with Gasteiger partial charge in [-0.15, -0.1) is 0 Å². The van der Waals surface area contributed by atoms with Gasteiger partial charge in [0.05, 0.1) is 18.1 Å². The maximum atomic E-state index is 12.6. The Hall–Kier alpha value is -2.43. The first-order chi connectivity index (χ1) is 11.1. The smallest absolute Gasteiger partial charge is 0.336 e. The fourth-order valence-electron chi connectivity index (χ4n) is 3.38. The average molecular weight is 313 g/mol. The maximum Gasteiger partial charge on any atom is 0.336 e. The summed E-state index contributed by atoms with van der Waals surface area (Å²) in [5, 5.41) is 3.27. The normalized spacial score (nSPS) is 21.0. The van der Waals surface area contributed by atoms with E-state index >= 15 is 0 Å². The van der Waals surface area contributed by atoms with E-state index in [1.807, 2.05) is 31.5 Å². The highest BCUT2D eigenvalue weighted by Gasteiger charge is 2.39. The lowest BCUT2D eigenvalue weighted by molar-refractivity contribution is -0.378. The van der Waals surface area contributed by atoms with Crippen molar-refractivity contribution in [3.63, 3.8) is 0 Å². The largest absolute Gasteiger partial charge is 0.463 e. The van der Waals surface area contributed by atoms with Gasteiger partial charge in [-0.2, -0.15) is 0 Å². The number of aromatic amines is 1. The van der Waals surface area contributed by atoms with Gasteiger partial charge in [0.15, 0.2) is 18.2 Å². The molecule has 0 aromatic carbocycles. The van der Waals surface area contributed by atoms with Crippen LogP contribution in [0.5, 0.6) is 0 Å². The van der Waals surface area contributed by atoms with Crippen molar-refractivity contribution in [2.45, 2.75) is 39.0 Å².